The highest BCUT2D eigenvalue weighted by atomic mass is 35.5. The third-order valence-electron chi connectivity index (χ3n) is 5.90. The molecule has 0 aliphatic rings. The SMILES string of the molecule is CCC(C)c1ccc(OCCCn2c(Cc3ccccc3Cl)nc3ccccc32)cc1. The van der Waals surface area contributed by atoms with E-state index in [2.05, 4.69) is 66.9 Å². The van der Waals surface area contributed by atoms with Crippen LogP contribution in [-0.2, 0) is 13.0 Å². The van der Waals surface area contributed by atoms with Crippen LogP contribution < -0.4 is 4.74 Å². The number of nitrogens with zero attached hydrogens (tertiary/aromatic N) is 2. The largest absolute Gasteiger partial charge is 0.494 e. The van der Waals surface area contributed by atoms with E-state index in [1.807, 2.05) is 24.3 Å². The summed E-state index contributed by atoms with van der Waals surface area (Å²) >= 11 is 6.40. The molecule has 1 atom stereocenters. The molecule has 0 amide bonds. The molecule has 3 aromatic carbocycles. The van der Waals surface area contributed by atoms with Crippen LogP contribution >= 0.6 is 11.6 Å². The predicted molar refractivity (Wildman–Crippen MR) is 129 cm³/mol. The molecule has 4 heteroatoms. The summed E-state index contributed by atoms with van der Waals surface area (Å²) in [6, 6.07) is 24.8. The standard InChI is InChI=1S/C27H29ClN2O/c1-3-20(2)21-13-15-23(16-14-21)31-18-8-17-30-26-12-7-6-11-25(26)29-27(30)19-22-9-4-5-10-24(22)28/h4-7,9-16,20H,3,8,17-19H2,1-2H3. The van der Waals surface area contributed by atoms with Crippen molar-refractivity contribution < 1.29 is 4.74 Å². The molecule has 0 radical (unpaired) electrons. The van der Waals surface area contributed by atoms with E-state index in [0.717, 1.165) is 52.6 Å². The molecule has 0 spiro atoms. The van der Waals surface area contributed by atoms with Crippen LogP contribution in [0, 0.1) is 0 Å². The molecule has 0 bridgehead atoms. The molecule has 1 unspecified atom stereocenters. The number of imidazole rings is 1. The lowest BCUT2D eigenvalue weighted by molar-refractivity contribution is 0.302. The highest BCUT2D eigenvalue weighted by Gasteiger charge is 2.12. The first-order valence-corrected chi connectivity index (χ1v) is 11.4. The van der Waals surface area contributed by atoms with E-state index in [-0.39, 0.29) is 0 Å². The first-order valence-electron chi connectivity index (χ1n) is 11.1. The zero-order chi connectivity index (χ0) is 21.6. The van der Waals surface area contributed by atoms with Gasteiger partial charge in [-0.25, -0.2) is 4.98 Å². The molecule has 0 saturated carbocycles. The fourth-order valence-corrected chi connectivity index (χ4v) is 4.07. The zero-order valence-corrected chi connectivity index (χ0v) is 19.0. The number of hydrogen-bond acceptors (Lipinski definition) is 2. The highest BCUT2D eigenvalue weighted by Crippen LogP contribution is 2.24. The van der Waals surface area contributed by atoms with Crippen LogP contribution in [0.15, 0.2) is 72.8 Å². The molecule has 0 fully saturated rings. The maximum Gasteiger partial charge on any atom is 0.119 e. The molecule has 1 heterocycles. The summed E-state index contributed by atoms with van der Waals surface area (Å²) in [6.45, 7) is 5.99. The summed E-state index contributed by atoms with van der Waals surface area (Å²) in [5.74, 6) is 2.55. The van der Waals surface area contributed by atoms with E-state index in [4.69, 9.17) is 21.3 Å². The van der Waals surface area contributed by atoms with Gasteiger partial charge in [0, 0.05) is 18.0 Å². The molecular weight excluding hydrogens is 404 g/mol. The third-order valence-corrected chi connectivity index (χ3v) is 6.27. The minimum Gasteiger partial charge on any atom is -0.494 e. The highest BCUT2D eigenvalue weighted by molar-refractivity contribution is 6.31. The lowest BCUT2D eigenvalue weighted by Gasteiger charge is -2.12. The number of ether oxygens (including phenoxy) is 1. The first kappa shape index (κ1) is 21.5. The number of rotatable bonds is 9. The monoisotopic (exact) mass is 432 g/mol. The molecular formula is C27H29ClN2O. The van der Waals surface area contributed by atoms with E-state index >= 15 is 0 Å². The smallest absolute Gasteiger partial charge is 0.119 e. The van der Waals surface area contributed by atoms with Crippen LogP contribution in [0.2, 0.25) is 5.02 Å². The van der Waals surface area contributed by atoms with Crippen molar-refractivity contribution in [1.29, 1.82) is 0 Å². The summed E-state index contributed by atoms with van der Waals surface area (Å²) < 4.78 is 8.31. The average molecular weight is 433 g/mol. The van der Waals surface area contributed by atoms with Crippen molar-refractivity contribution in [3.05, 3.63) is 94.8 Å². The fourth-order valence-electron chi connectivity index (χ4n) is 3.86. The van der Waals surface area contributed by atoms with E-state index in [9.17, 15) is 0 Å². The second kappa shape index (κ2) is 10.0. The Morgan fingerprint density at radius 3 is 2.48 bits per heavy atom. The molecule has 0 aliphatic heterocycles. The molecule has 0 aliphatic carbocycles. The Labute approximate surface area is 189 Å². The number of halogens is 1. The number of benzene rings is 3. The molecule has 4 rings (SSSR count). The van der Waals surface area contributed by atoms with Crippen molar-refractivity contribution in [3.63, 3.8) is 0 Å². The number of aromatic nitrogens is 2. The molecule has 0 N–H and O–H groups in total. The third kappa shape index (κ3) is 5.11. The van der Waals surface area contributed by atoms with Crippen LogP contribution in [0.25, 0.3) is 11.0 Å². The van der Waals surface area contributed by atoms with E-state index < -0.39 is 0 Å². The first-order chi connectivity index (χ1) is 15.2. The van der Waals surface area contributed by atoms with Gasteiger partial charge in [0.2, 0.25) is 0 Å². The number of aryl methyl sites for hydroxylation is 1. The summed E-state index contributed by atoms with van der Waals surface area (Å²) in [6.07, 6.45) is 2.77. The lowest BCUT2D eigenvalue weighted by atomic mass is 9.99. The maximum atomic E-state index is 6.40. The van der Waals surface area contributed by atoms with Crippen molar-refractivity contribution in [2.75, 3.05) is 6.61 Å². The number of hydrogen-bond donors (Lipinski definition) is 0. The predicted octanol–water partition coefficient (Wildman–Crippen LogP) is 7.26. The van der Waals surface area contributed by atoms with Crippen molar-refractivity contribution in [2.45, 2.75) is 45.6 Å². The van der Waals surface area contributed by atoms with Gasteiger partial charge in [0.15, 0.2) is 0 Å². The van der Waals surface area contributed by atoms with Crippen LogP contribution in [0.4, 0.5) is 0 Å². The molecule has 160 valence electrons. The summed E-state index contributed by atoms with van der Waals surface area (Å²) in [7, 11) is 0. The van der Waals surface area contributed by atoms with Crippen molar-refractivity contribution in [1.82, 2.24) is 9.55 Å². The second-order valence-corrected chi connectivity index (χ2v) is 8.42. The van der Waals surface area contributed by atoms with Gasteiger partial charge in [-0.3, -0.25) is 0 Å². The molecule has 31 heavy (non-hydrogen) atoms. The minimum absolute atomic E-state index is 0.583. The normalized spacial score (nSPS) is 12.2. The van der Waals surface area contributed by atoms with Crippen molar-refractivity contribution in [2.24, 2.45) is 0 Å². The topological polar surface area (TPSA) is 27.1 Å². The van der Waals surface area contributed by atoms with Crippen molar-refractivity contribution in [3.8, 4) is 5.75 Å². The zero-order valence-electron chi connectivity index (χ0n) is 18.2. The minimum atomic E-state index is 0.583. The summed E-state index contributed by atoms with van der Waals surface area (Å²) in [5, 5.41) is 0.783. The molecule has 0 saturated heterocycles. The lowest BCUT2D eigenvalue weighted by Crippen LogP contribution is -2.08. The van der Waals surface area contributed by atoms with Crippen molar-refractivity contribution >= 4 is 22.6 Å². The van der Waals surface area contributed by atoms with Gasteiger partial charge in [-0.2, -0.15) is 0 Å². The van der Waals surface area contributed by atoms with Crippen LogP contribution in [0.1, 0.15) is 49.6 Å². The van der Waals surface area contributed by atoms with E-state index in [1.54, 1.807) is 0 Å². The van der Waals surface area contributed by atoms with Gasteiger partial charge in [-0.1, -0.05) is 67.9 Å². The van der Waals surface area contributed by atoms with Gasteiger partial charge in [-0.15, -0.1) is 0 Å². The Morgan fingerprint density at radius 1 is 0.968 bits per heavy atom. The molecule has 4 aromatic rings. The Kier molecular flexibility index (Phi) is 6.93. The van der Waals surface area contributed by atoms with Gasteiger partial charge < -0.3 is 9.30 Å². The van der Waals surface area contributed by atoms with Crippen LogP contribution in [0.5, 0.6) is 5.75 Å². The Morgan fingerprint density at radius 2 is 1.71 bits per heavy atom. The van der Waals surface area contributed by atoms with Gasteiger partial charge >= 0.3 is 0 Å². The van der Waals surface area contributed by atoms with Gasteiger partial charge in [0.1, 0.15) is 11.6 Å². The number of fused-ring (bicyclic) bond motifs is 1. The Bertz CT molecular complexity index is 1130. The van der Waals surface area contributed by atoms with E-state index in [1.165, 1.54) is 5.56 Å². The van der Waals surface area contributed by atoms with Gasteiger partial charge in [0.05, 0.1) is 17.6 Å². The number of para-hydroxylation sites is 2. The molecule has 1 aromatic heterocycles. The quantitative estimate of drug-likeness (QED) is 0.260. The van der Waals surface area contributed by atoms with Crippen LogP contribution in [0.3, 0.4) is 0 Å². The fraction of sp³-hybridized carbons (Fsp3) is 0.296. The maximum absolute atomic E-state index is 6.40. The Balaban J connectivity index is 1.43. The second-order valence-electron chi connectivity index (χ2n) is 8.02. The Hall–Kier alpha value is -2.78. The van der Waals surface area contributed by atoms with Gasteiger partial charge in [0.25, 0.3) is 0 Å². The average Bonchev–Trinajstić information content (AvgIpc) is 3.15. The summed E-state index contributed by atoms with van der Waals surface area (Å²) in [4.78, 5) is 4.88. The van der Waals surface area contributed by atoms with E-state index in [0.29, 0.717) is 18.9 Å². The molecule has 3 nitrogen and oxygen atoms in total. The van der Waals surface area contributed by atoms with Gasteiger partial charge in [-0.05, 0) is 60.2 Å². The summed E-state index contributed by atoms with van der Waals surface area (Å²) in [5.41, 5.74) is 4.64. The van der Waals surface area contributed by atoms with Crippen LogP contribution in [-0.4, -0.2) is 16.2 Å².